The first kappa shape index (κ1) is 12.4. The molecule has 0 aromatic carbocycles. The Labute approximate surface area is 100 Å². The lowest BCUT2D eigenvalue weighted by Crippen LogP contribution is -2.39. The van der Waals surface area contributed by atoms with Crippen molar-refractivity contribution in [2.24, 2.45) is 11.8 Å². The van der Waals surface area contributed by atoms with Crippen molar-refractivity contribution in [1.82, 2.24) is 5.32 Å². The molecular weight excluding hydrogens is 198 g/mol. The third kappa shape index (κ3) is 4.06. The van der Waals surface area contributed by atoms with Gasteiger partial charge in [0.05, 0.1) is 6.61 Å². The maximum atomic E-state index is 5.66. The summed E-state index contributed by atoms with van der Waals surface area (Å²) in [7, 11) is 0. The normalized spacial score (nSPS) is 30.6. The molecule has 2 aliphatic carbocycles. The van der Waals surface area contributed by atoms with Crippen molar-refractivity contribution in [3.05, 3.63) is 0 Å². The van der Waals surface area contributed by atoms with Gasteiger partial charge < -0.3 is 10.1 Å². The molecule has 1 N–H and O–H groups in total. The van der Waals surface area contributed by atoms with Crippen molar-refractivity contribution in [2.75, 3.05) is 19.8 Å². The maximum Gasteiger partial charge on any atom is 0.0591 e. The fraction of sp³-hybridized carbons (Fsp3) is 1.00. The summed E-state index contributed by atoms with van der Waals surface area (Å²) in [6, 6.07) is 0.767. The molecule has 0 radical (unpaired) electrons. The molecule has 0 spiro atoms. The molecule has 0 aliphatic heterocycles. The van der Waals surface area contributed by atoms with Gasteiger partial charge in [0, 0.05) is 19.2 Å². The van der Waals surface area contributed by atoms with E-state index in [9.17, 15) is 0 Å². The van der Waals surface area contributed by atoms with Gasteiger partial charge in [0.1, 0.15) is 0 Å². The molecule has 2 rings (SSSR count). The van der Waals surface area contributed by atoms with Gasteiger partial charge in [-0.1, -0.05) is 26.2 Å². The van der Waals surface area contributed by atoms with Gasteiger partial charge in [-0.15, -0.1) is 0 Å². The van der Waals surface area contributed by atoms with Gasteiger partial charge in [-0.2, -0.15) is 0 Å². The highest BCUT2D eigenvalue weighted by Gasteiger charge is 2.23. The predicted octanol–water partition coefficient (Wildman–Crippen LogP) is 2.97. The number of nitrogens with one attached hydrogen (secondary N) is 1. The second-order valence-corrected chi connectivity index (χ2v) is 5.53. The Kier molecular flexibility index (Phi) is 5.11. The fourth-order valence-electron chi connectivity index (χ4n) is 2.82. The number of hydrogen-bond donors (Lipinski definition) is 1. The topological polar surface area (TPSA) is 21.3 Å². The van der Waals surface area contributed by atoms with E-state index in [1.807, 2.05) is 0 Å². The molecule has 2 unspecified atom stereocenters. The molecule has 0 amide bonds. The minimum absolute atomic E-state index is 0.767. The molecule has 0 heterocycles. The standard InChI is InChI=1S/C14H27NO/c1-2-13-5-3-4-6-14(13)15-9-10-16-11-12-7-8-12/h12-15H,2-11H2,1H3. The van der Waals surface area contributed by atoms with Gasteiger partial charge in [-0.05, 0) is 37.5 Å². The lowest BCUT2D eigenvalue weighted by atomic mass is 9.83. The van der Waals surface area contributed by atoms with Crippen LogP contribution >= 0.6 is 0 Å². The lowest BCUT2D eigenvalue weighted by molar-refractivity contribution is 0.119. The minimum Gasteiger partial charge on any atom is -0.380 e. The average molecular weight is 225 g/mol. The summed E-state index contributed by atoms with van der Waals surface area (Å²) in [5.41, 5.74) is 0. The summed E-state index contributed by atoms with van der Waals surface area (Å²) < 4.78 is 5.66. The van der Waals surface area contributed by atoms with Crippen LogP contribution in [0.3, 0.4) is 0 Å². The van der Waals surface area contributed by atoms with Crippen molar-refractivity contribution >= 4 is 0 Å². The summed E-state index contributed by atoms with van der Waals surface area (Å²) in [5.74, 6) is 1.82. The fourth-order valence-corrected chi connectivity index (χ4v) is 2.82. The van der Waals surface area contributed by atoms with E-state index in [1.54, 1.807) is 0 Å². The smallest absolute Gasteiger partial charge is 0.0591 e. The van der Waals surface area contributed by atoms with Crippen LogP contribution in [0.25, 0.3) is 0 Å². The van der Waals surface area contributed by atoms with Crippen molar-refractivity contribution < 1.29 is 4.74 Å². The zero-order valence-electron chi connectivity index (χ0n) is 10.7. The summed E-state index contributed by atoms with van der Waals surface area (Å²) in [5, 5.41) is 3.69. The highest BCUT2D eigenvalue weighted by atomic mass is 16.5. The molecular formula is C14H27NO. The quantitative estimate of drug-likeness (QED) is 0.673. The molecule has 2 aliphatic rings. The van der Waals surface area contributed by atoms with Crippen LogP contribution in [0.4, 0.5) is 0 Å². The molecule has 0 bridgehead atoms. The monoisotopic (exact) mass is 225 g/mol. The molecule has 2 atom stereocenters. The van der Waals surface area contributed by atoms with Gasteiger partial charge in [-0.25, -0.2) is 0 Å². The first-order chi connectivity index (χ1) is 7.90. The zero-order chi connectivity index (χ0) is 11.2. The molecule has 2 heteroatoms. The van der Waals surface area contributed by atoms with Gasteiger partial charge >= 0.3 is 0 Å². The molecule has 2 saturated carbocycles. The van der Waals surface area contributed by atoms with Crippen molar-refractivity contribution in [1.29, 1.82) is 0 Å². The van der Waals surface area contributed by atoms with Crippen LogP contribution in [0, 0.1) is 11.8 Å². The van der Waals surface area contributed by atoms with Crippen LogP contribution in [0.15, 0.2) is 0 Å². The van der Waals surface area contributed by atoms with Crippen LogP contribution in [0.5, 0.6) is 0 Å². The van der Waals surface area contributed by atoms with E-state index in [4.69, 9.17) is 4.74 Å². The third-order valence-corrected chi connectivity index (χ3v) is 4.14. The molecule has 0 saturated heterocycles. The molecule has 0 aromatic heterocycles. The van der Waals surface area contributed by atoms with E-state index in [0.29, 0.717) is 0 Å². The molecule has 2 nitrogen and oxygen atoms in total. The highest BCUT2D eigenvalue weighted by molar-refractivity contribution is 4.80. The van der Waals surface area contributed by atoms with Crippen LogP contribution in [0.2, 0.25) is 0 Å². The number of hydrogen-bond acceptors (Lipinski definition) is 2. The highest BCUT2D eigenvalue weighted by Crippen LogP contribution is 2.29. The van der Waals surface area contributed by atoms with Gasteiger partial charge in [0.2, 0.25) is 0 Å². The SMILES string of the molecule is CCC1CCCCC1NCCOCC1CC1. The second-order valence-electron chi connectivity index (χ2n) is 5.53. The number of rotatable bonds is 7. The van der Waals surface area contributed by atoms with Crippen molar-refractivity contribution in [3.63, 3.8) is 0 Å². The molecule has 16 heavy (non-hydrogen) atoms. The first-order valence-corrected chi connectivity index (χ1v) is 7.21. The Bertz CT molecular complexity index is 191. The molecule has 94 valence electrons. The summed E-state index contributed by atoms with van der Waals surface area (Å²) >= 11 is 0. The van der Waals surface area contributed by atoms with Gasteiger partial charge in [0.25, 0.3) is 0 Å². The minimum atomic E-state index is 0.767. The predicted molar refractivity (Wildman–Crippen MR) is 67.6 cm³/mol. The van der Waals surface area contributed by atoms with Crippen molar-refractivity contribution in [2.45, 2.75) is 57.9 Å². The van der Waals surface area contributed by atoms with E-state index >= 15 is 0 Å². The van der Waals surface area contributed by atoms with Crippen LogP contribution < -0.4 is 5.32 Å². The van der Waals surface area contributed by atoms with E-state index in [1.165, 1.54) is 44.9 Å². The maximum absolute atomic E-state index is 5.66. The number of ether oxygens (including phenoxy) is 1. The van der Waals surface area contributed by atoms with E-state index < -0.39 is 0 Å². The average Bonchev–Trinajstić information content (AvgIpc) is 3.13. The van der Waals surface area contributed by atoms with E-state index in [-0.39, 0.29) is 0 Å². The Hall–Kier alpha value is -0.0800. The lowest BCUT2D eigenvalue weighted by Gasteiger charge is -2.31. The third-order valence-electron chi connectivity index (χ3n) is 4.14. The van der Waals surface area contributed by atoms with Gasteiger partial charge in [0.15, 0.2) is 0 Å². The van der Waals surface area contributed by atoms with Crippen molar-refractivity contribution in [3.8, 4) is 0 Å². The Balaban J connectivity index is 1.52. The zero-order valence-corrected chi connectivity index (χ0v) is 10.7. The Morgan fingerprint density at radius 3 is 2.69 bits per heavy atom. The van der Waals surface area contributed by atoms with E-state index in [2.05, 4.69) is 12.2 Å². The molecule has 2 fully saturated rings. The second kappa shape index (κ2) is 6.61. The first-order valence-electron chi connectivity index (χ1n) is 7.21. The molecule has 0 aromatic rings. The largest absolute Gasteiger partial charge is 0.380 e. The van der Waals surface area contributed by atoms with E-state index in [0.717, 1.165) is 37.6 Å². The van der Waals surface area contributed by atoms with Crippen LogP contribution in [0.1, 0.15) is 51.9 Å². The Morgan fingerprint density at radius 1 is 1.12 bits per heavy atom. The van der Waals surface area contributed by atoms with Crippen LogP contribution in [-0.4, -0.2) is 25.8 Å². The summed E-state index contributed by atoms with van der Waals surface area (Å²) in [6.07, 6.45) is 9.78. The Morgan fingerprint density at radius 2 is 1.94 bits per heavy atom. The summed E-state index contributed by atoms with van der Waals surface area (Å²) in [4.78, 5) is 0. The van der Waals surface area contributed by atoms with Gasteiger partial charge in [-0.3, -0.25) is 0 Å². The summed E-state index contributed by atoms with van der Waals surface area (Å²) in [6.45, 7) is 5.29. The van der Waals surface area contributed by atoms with Crippen LogP contribution in [-0.2, 0) is 4.74 Å².